The summed E-state index contributed by atoms with van der Waals surface area (Å²) >= 11 is 13.3. The topological polar surface area (TPSA) is 29.1 Å². The SMILES string of the molecule is O=C(CSc1ccccc1Cl)NCc1cccc(Cl)c1. The molecule has 0 bridgehead atoms. The van der Waals surface area contributed by atoms with E-state index in [2.05, 4.69) is 5.32 Å². The van der Waals surface area contributed by atoms with Crippen LogP contribution in [0.25, 0.3) is 0 Å². The first-order valence-electron chi connectivity index (χ1n) is 6.03. The predicted octanol–water partition coefficient (Wildman–Crippen LogP) is 4.40. The fraction of sp³-hybridized carbons (Fsp3) is 0.133. The standard InChI is InChI=1S/C15H13Cl2NOS/c16-12-5-3-4-11(8-12)9-18-15(19)10-20-14-7-2-1-6-13(14)17/h1-8H,9-10H2,(H,18,19). The molecule has 104 valence electrons. The molecule has 0 aliphatic carbocycles. The Balaban J connectivity index is 1.80. The van der Waals surface area contributed by atoms with Gasteiger partial charge in [-0.3, -0.25) is 4.79 Å². The van der Waals surface area contributed by atoms with Gasteiger partial charge in [0.2, 0.25) is 5.91 Å². The Bertz CT molecular complexity index is 604. The first-order valence-corrected chi connectivity index (χ1v) is 7.78. The molecule has 20 heavy (non-hydrogen) atoms. The molecule has 0 aliphatic rings. The molecule has 5 heteroatoms. The van der Waals surface area contributed by atoms with Crippen molar-refractivity contribution in [3.05, 3.63) is 64.1 Å². The number of amides is 1. The highest BCUT2D eigenvalue weighted by atomic mass is 35.5. The number of benzene rings is 2. The van der Waals surface area contributed by atoms with Crippen molar-refractivity contribution in [3.8, 4) is 0 Å². The quantitative estimate of drug-likeness (QED) is 0.825. The minimum absolute atomic E-state index is 0.0325. The summed E-state index contributed by atoms with van der Waals surface area (Å²) in [6, 6.07) is 14.9. The number of hydrogen-bond acceptors (Lipinski definition) is 2. The van der Waals surface area contributed by atoms with Gasteiger partial charge >= 0.3 is 0 Å². The molecule has 0 radical (unpaired) electrons. The van der Waals surface area contributed by atoms with E-state index in [0.717, 1.165) is 10.5 Å². The van der Waals surface area contributed by atoms with Crippen LogP contribution in [0.4, 0.5) is 0 Å². The van der Waals surface area contributed by atoms with E-state index in [1.807, 2.05) is 42.5 Å². The highest BCUT2D eigenvalue weighted by Crippen LogP contribution is 2.26. The number of hydrogen-bond donors (Lipinski definition) is 1. The van der Waals surface area contributed by atoms with Gasteiger partial charge in [0.15, 0.2) is 0 Å². The maximum Gasteiger partial charge on any atom is 0.230 e. The first-order chi connectivity index (χ1) is 9.65. The molecule has 0 saturated carbocycles. The van der Waals surface area contributed by atoms with Gasteiger partial charge in [-0.25, -0.2) is 0 Å². The summed E-state index contributed by atoms with van der Waals surface area (Å²) in [5.74, 6) is 0.305. The summed E-state index contributed by atoms with van der Waals surface area (Å²) in [4.78, 5) is 12.7. The largest absolute Gasteiger partial charge is 0.351 e. The van der Waals surface area contributed by atoms with E-state index in [1.54, 1.807) is 6.07 Å². The number of carbonyl (C=O) groups is 1. The van der Waals surface area contributed by atoms with E-state index in [4.69, 9.17) is 23.2 Å². The Labute approximate surface area is 132 Å². The summed E-state index contributed by atoms with van der Waals surface area (Å²) in [6.45, 7) is 0.475. The van der Waals surface area contributed by atoms with Crippen molar-refractivity contribution >= 4 is 40.9 Å². The fourth-order valence-electron chi connectivity index (χ4n) is 1.60. The Hall–Kier alpha value is -1.16. The minimum atomic E-state index is -0.0325. The molecular weight excluding hydrogens is 313 g/mol. The smallest absolute Gasteiger partial charge is 0.230 e. The molecule has 1 N–H and O–H groups in total. The van der Waals surface area contributed by atoms with E-state index in [0.29, 0.717) is 22.3 Å². The van der Waals surface area contributed by atoms with Gasteiger partial charge in [0.05, 0.1) is 10.8 Å². The van der Waals surface area contributed by atoms with Gasteiger partial charge in [-0.05, 0) is 29.8 Å². The lowest BCUT2D eigenvalue weighted by molar-refractivity contribution is -0.118. The van der Waals surface area contributed by atoms with E-state index >= 15 is 0 Å². The molecule has 2 nitrogen and oxygen atoms in total. The molecule has 0 atom stereocenters. The lowest BCUT2D eigenvalue weighted by Gasteiger charge is -2.06. The van der Waals surface area contributed by atoms with Crippen molar-refractivity contribution in [2.45, 2.75) is 11.4 Å². The van der Waals surface area contributed by atoms with Crippen molar-refractivity contribution in [1.82, 2.24) is 5.32 Å². The van der Waals surface area contributed by atoms with Gasteiger partial charge in [-0.2, -0.15) is 0 Å². The van der Waals surface area contributed by atoms with Crippen molar-refractivity contribution in [2.24, 2.45) is 0 Å². The average molecular weight is 326 g/mol. The van der Waals surface area contributed by atoms with Gasteiger partial charge in [0.25, 0.3) is 0 Å². The Kier molecular flexibility index (Phi) is 5.77. The van der Waals surface area contributed by atoms with Gasteiger partial charge < -0.3 is 5.32 Å². The van der Waals surface area contributed by atoms with Crippen LogP contribution in [0.1, 0.15) is 5.56 Å². The van der Waals surface area contributed by atoms with Crippen LogP contribution in [-0.2, 0) is 11.3 Å². The molecule has 2 aromatic carbocycles. The van der Waals surface area contributed by atoms with Gasteiger partial charge in [0, 0.05) is 16.5 Å². The zero-order chi connectivity index (χ0) is 14.4. The molecule has 0 aromatic heterocycles. The normalized spacial score (nSPS) is 10.3. The lowest BCUT2D eigenvalue weighted by atomic mass is 10.2. The van der Waals surface area contributed by atoms with E-state index in [9.17, 15) is 4.79 Å². The Morgan fingerprint density at radius 1 is 1.10 bits per heavy atom. The van der Waals surface area contributed by atoms with Crippen LogP contribution >= 0.6 is 35.0 Å². The summed E-state index contributed by atoms with van der Waals surface area (Å²) in [5, 5.41) is 4.19. The third-order valence-electron chi connectivity index (χ3n) is 2.57. The molecule has 0 heterocycles. The molecule has 0 aliphatic heterocycles. The molecule has 1 amide bonds. The molecule has 2 aromatic rings. The monoisotopic (exact) mass is 325 g/mol. The molecule has 0 spiro atoms. The highest BCUT2D eigenvalue weighted by molar-refractivity contribution is 8.00. The summed E-state index contributed by atoms with van der Waals surface area (Å²) < 4.78 is 0. The summed E-state index contributed by atoms with van der Waals surface area (Å²) in [7, 11) is 0. The Morgan fingerprint density at radius 3 is 2.65 bits per heavy atom. The molecule has 0 fully saturated rings. The van der Waals surface area contributed by atoms with Gasteiger partial charge in [-0.1, -0.05) is 47.5 Å². The Morgan fingerprint density at radius 2 is 1.90 bits per heavy atom. The number of halogens is 2. The van der Waals surface area contributed by atoms with Crippen LogP contribution in [0.15, 0.2) is 53.4 Å². The van der Waals surface area contributed by atoms with Crippen LogP contribution in [0.3, 0.4) is 0 Å². The number of thioether (sulfide) groups is 1. The third-order valence-corrected chi connectivity index (χ3v) is 4.32. The van der Waals surface area contributed by atoms with Crippen molar-refractivity contribution in [3.63, 3.8) is 0 Å². The second kappa shape index (κ2) is 7.58. The van der Waals surface area contributed by atoms with Crippen LogP contribution in [0.2, 0.25) is 10.0 Å². The second-order valence-electron chi connectivity index (χ2n) is 4.13. The van der Waals surface area contributed by atoms with E-state index in [-0.39, 0.29) is 5.91 Å². The number of carbonyl (C=O) groups excluding carboxylic acids is 1. The summed E-state index contributed by atoms with van der Waals surface area (Å²) in [6.07, 6.45) is 0. The van der Waals surface area contributed by atoms with Crippen LogP contribution in [0, 0.1) is 0 Å². The molecule has 2 rings (SSSR count). The zero-order valence-corrected chi connectivity index (χ0v) is 12.9. The van der Waals surface area contributed by atoms with Crippen molar-refractivity contribution < 1.29 is 4.79 Å². The maximum absolute atomic E-state index is 11.8. The van der Waals surface area contributed by atoms with Crippen LogP contribution < -0.4 is 5.32 Å². The molecular formula is C15H13Cl2NOS. The lowest BCUT2D eigenvalue weighted by Crippen LogP contribution is -2.24. The van der Waals surface area contributed by atoms with Crippen LogP contribution in [-0.4, -0.2) is 11.7 Å². The number of rotatable bonds is 5. The van der Waals surface area contributed by atoms with Crippen LogP contribution in [0.5, 0.6) is 0 Å². The third kappa shape index (κ3) is 4.75. The van der Waals surface area contributed by atoms with Crippen molar-refractivity contribution in [2.75, 3.05) is 5.75 Å². The summed E-state index contributed by atoms with van der Waals surface area (Å²) in [5.41, 5.74) is 0.980. The fourth-order valence-corrected chi connectivity index (χ4v) is 2.89. The maximum atomic E-state index is 11.8. The van der Waals surface area contributed by atoms with Gasteiger partial charge in [-0.15, -0.1) is 11.8 Å². The van der Waals surface area contributed by atoms with Gasteiger partial charge in [0.1, 0.15) is 0 Å². The minimum Gasteiger partial charge on any atom is -0.351 e. The second-order valence-corrected chi connectivity index (χ2v) is 5.99. The zero-order valence-electron chi connectivity index (χ0n) is 10.6. The van der Waals surface area contributed by atoms with Crippen molar-refractivity contribution in [1.29, 1.82) is 0 Å². The van der Waals surface area contributed by atoms with E-state index < -0.39 is 0 Å². The average Bonchev–Trinajstić information content (AvgIpc) is 2.44. The van der Waals surface area contributed by atoms with E-state index in [1.165, 1.54) is 11.8 Å². The molecule has 0 unspecified atom stereocenters. The predicted molar refractivity (Wildman–Crippen MR) is 85.5 cm³/mol. The first kappa shape index (κ1) is 15.2. The highest BCUT2D eigenvalue weighted by Gasteiger charge is 2.05. The molecule has 0 saturated heterocycles. The number of nitrogens with one attached hydrogen (secondary N) is 1.